The van der Waals surface area contributed by atoms with E-state index < -0.39 is 17.2 Å². The van der Waals surface area contributed by atoms with Crippen molar-refractivity contribution in [2.24, 2.45) is 0 Å². The number of hydrogen-bond donors (Lipinski definition) is 1. The Bertz CT molecular complexity index is 1360. The molecule has 3 heterocycles. The number of aromatic amines is 1. The SMILES string of the molecule is COC(=O)c1ccc(Cn2c(=O)[nH]c3scc(-c4ccc(C)c(C)c4)c3c2=O)o1. The van der Waals surface area contributed by atoms with Gasteiger partial charge in [-0.2, -0.15) is 0 Å². The molecule has 0 aliphatic heterocycles. The number of rotatable bonds is 4. The molecule has 1 N–H and O–H groups in total. The normalized spacial score (nSPS) is 11.1. The first-order chi connectivity index (χ1) is 13.9. The highest BCUT2D eigenvalue weighted by atomic mass is 32.1. The quantitative estimate of drug-likeness (QED) is 0.520. The Balaban J connectivity index is 1.82. The fourth-order valence-corrected chi connectivity index (χ4v) is 4.10. The zero-order chi connectivity index (χ0) is 20.7. The summed E-state index contributed by atoms with van der Waals surface area (Å²) in [6.07, 6.45) is 0. The largest absolute Gasteiger partial charge is 0.463 e. The summed E-state index contributed by atoms with van der Waals surface area (Å²) < 4.78 is 11.1. The lowest BCUT2D eigenvalue weighted by Crippen LogP contribution is -2.35. The molecule has 0 aliphatic rings. The summed E-state index contributed by atoms with van der Waals surface area (Å²) in [6, 6.07) is 8.99. The smallest absolute Gasteiger partial charge is 0.373 e. The molecule has 0 bridgehead atoms. The number of aryl methyl sites for hydroxylation is 2. The molecule has 0 saturated carbocycles. The van der Waals surface area contributed by atoms with Gasteiger partial charge in [0, 0.05) is 10.9 Å². The molecule has 0 atom stereocenters. The number of H-pyrrole nitrogens is 1. The number of thiophene rings is 1. The van der Waals surface area contributed by atoms with E-state index >= 15 is 0 Å². The molecule has 4 rings (SSSR count). The van der Waals surface area contributed by atoms with Gasteiger partial charge in [-0.3, -0.25) is 14.3 Å². The van der Waals surface area contributed by atoms with Crippen molar-refractivity contribution >= 4 is 27.5 Å². The third-order valence-electron chi connectivity index (χ3n) is 4.90. The van der Waals surface area contributed by atoms with Gasteiger partial charge in [0.1, 0.15) is 10.6 Å². The lowest BCUT2D eigenvalue weighted by atomic mass is 10.0. The molecule has 3 aromatic heterocycles. The Labute approximate surface area is 169 Å². The first-order valence-corrected chi connectivity index (χ1v) is 9.76. The van der Waals surface area contributed by atoms with Crippen molar-refractivity contribution in [3.8, 4) is 11.1 Å². The van der Waals surface area contributed by atoms with Crippen LogP contribution in [0.15, 0.2) is 49.7 Å². The van der Waals surface area contributed by atoms with Crippen LogP contribution in [0, 0.1) is 13.8 Å². The molecule has 0 unspecified atom stereocenters. The third-order valence-corrected chi connectivity index (χ3v) is 5.79. The Morgan fingerprint density at radius 2 is 1.97 bits per heavy atom. The van der Waals surface area contributed by atoms with E-state index in [4.69, 9.17) is 4.42 Å². The topological polar surface area (TPSA) is 94.3 Å². The van der Waals surface area contributed by atoms with Crippen LogP contribution in [0.25, 0.3) is 21.3 Å². The van der Waals surface area contributed by atoms with Gasteiger partial charge in [0.05, 0.1) is 19.0 Å². The third kappa shape index (κ3) is 3.31. The van der Waals surface area contributed by atoms with Crippen molar-refractivity contribution < 1.29 is 13.9 Å². The van der Waals surface area contributed by atoms with Gasteiger partial charge < -0.3 is 9.15 Å². The fourth-order valence-electron chi connectivity index (χ4n) is 3.15. The Morgan fingerprint density at radius 1 is 1.17 bits per heavy atom. The number of hydrogen-bond acceptors (Lipinski definition) is 6. The predicted octanol–water partition coefficient (Wildman–Crippen LogP) is 3.46. The first-order valence-electron chi connectivity index (χ1n) is 8.88. The molecule has 0 amide bonds. The van der Waals surface area contributed by atoms with E-state index in [0.717, 1.165) is 21.3 Å². The van der Waals surface area contributed by atoms with Crippen molar-refractivity contribution in [3.05, 3.63) is 79.2 Å². The molecule has 4 aromatic rings. The predicted molar refractivity (Wildman–Crippen MR) is 111 cm³/mol. The average molecular weight is 410 g/mol. The lowest BCUT2D eigenvalue weighted by molar-refractivity contribution is 0.0563. The van der Waals surface area contributed by atoms with Gasteiger partial charge in [0.2, 0.25) is 5.76 Å². The second-order valence-corrected chi connectivity index (χ2v) is 7.61. The van der Waals surface area contributed by atoms with Gasteiger partial charge in [-0.1, -0.05) is 18.2 Å². The van der Waals surface area contributed by atoms with Gasteiger partial charge in [0.25, 0.3) is 5.56 Å². The van der Waals surface area contributed by atoms with Crippen LogP contribution in [-0.2, 0) is 11.3 Å². The van der Waals surface area contributed by atoms with E-state index in [-0.39, 0.29) is 12.3 Å². The minimum Gasteiger partial charge on any atom is -0.463 e. The zero-order valence-electron chi connectivity index (χ0n) is 16.1. The summed E-state index contributed by atoms with van der Waals surface area (Å²) >= 11 is 1.32. The molecule has 1 aromatic carbocycles. The number of fused-ring (bicyclic) bond motifs is 1. The van der Waals surface area contributed by atoms with Gasteiger partial charge in [-0.25, -0.2) is 9.59 Å². The second kappa shape index (κ2) is 7.21. The highest BCUT2D eigenvalue weighted by Crippen LogP contribution is 2.31. The van der Waals surface area contributed by atoms with Crippen molar-refractivity contribution in [2.75, 3.05) is 7.11 Å². The van der Waals surface area contributed by atoms with Crippen LogP contribution < -0.4 is 11.2 Å². The number of ether oxygens (including phenoxy) is 1. The maximum Gasteiger partial charge on any atom is 0.373 e. The Morgan fingerprint density at radius 3 is 2.69 bits per heavy atom. The van der Waals surface area contributed by atoms with Gasteiger partial charge in [-0.05, 0) is 42.7 Å². The summed E-state index contributed by atoms with van der Waals surface area (Å²) in [5, 5.41) is 2.33. The van der Waals surface area contributed by atoms with Crippen molar-refractivity contribution in [2.45, 2.75) is 20.4 Å². The molecule has 0 spiro atoms. The van der Waals surface area contributed by atoms with Gasteiger partial charge in [0.15, 0.2) is 0 Å². The van der Waals surface area contributed by atoms with E-state index in [1.807, 2.05) is 37.4 Å². The Hall–Kier alpha value is -3.39. The van der Waals surface area contributed by atoms with Gasteiger partial charge in [-0.15, -0.1) is 11.3 Å². The molecule has 29 heavy (non-hydrogen) atoms. The number of methoxy groups -OCH3 is 1. The van der Waals surface area contributed by atoms with Crippen LogP contribution in [0.1, 0.15) is 27.4 Å². The van der Waals surface area contributed by atoms with E-state index in [9.17, 15) is 14.4 Å². The monoisotopic (exact) mass is 410 g/mol. The minimum absolute atomic E-state index is 0.0133. The molecule has 0 aliphatic carbocycles. The average Bonchev–Trinajstić information content (AvgIpc) is 3.34. The summed E-state index contributed by atoms with van der Waals surface area (Å²) in [6.45, 7) is 3.95. The number of furan rings is 1. The molecule has 8 heteroatoms. The number of carbonyl (C=O) groups is 1. The number of nitrogens with zero attached hydrogens (tertiary/aromatic N) is 1. The van der Waals surface area contributed by atoms with E-state index in [0.29, 0.717) is 16.0 Å². The first kappa shape index (κ1) is 18.9. The summed E-state index contributed by atoms with van der Waals surface area (Å²) in [4.78, 5) is 40.5. The minimum atomic E-state index is -0.622. The van der Waals surface area contributed by atoms with Crippen molar-refractivity contribution in [3.63, 3.8) is 0 Å². The molecule has 148 valence electrons. The number of benzene rings is 1. The maximum atomic E-state index is 13.2. The number of aromatic nitrogens is 2. The Kier molecular flexibility index (Phi) is 4.71. The summed E-state index contributed by atoms with van der Waals surface area (Å²) in [5.74, 6) is -0.303. The highest BCUT2D eigenvalue weighted by molar-refractivity contribution is 7.17. The summed E-state index contributed by atoms with van der Waals surface area (Å²) in [7, 11) is 1.25. The molecular formula is C21H18N2O5S. The molecule has 0 radical (unpaired) electrons. The van der Waals surface area contributed by atoms with Crippen molar-refractivity contribution in [1.82, 2.24) is 9.55 Å². The van der Waals surface area contributed by atoms with E-state index in [1.165, 1.54) is 30.1 Å². The van der Waals surface area contributed by atoms with Crippen LogP contribution in [0.2, 0.25) is 0 Å². The number of esters is 1. The van der Waals surface area contributed by atoms with E-state index in [2.05, 4.69) is 9.72 Å². The summed E-state index contributed by atoms with van der Waals surface area (Å²) in [5.41, 5.74) is 3.04. The standard InChI is InChI=1S/C21H18N2O5S/c1-11-4-5-13(8-12(11)2)15-10-29-18-17(15)19(24)23(21(26)22-18)9-14-6-7-16(28-14)20(25)27-3/h4-8,10H,9H2,1-3H3,(H,22,26). The number of carbonyl (C=O) groups excluding carboxylic acids is 1. The van der Waals surface area contributed by atoms with Crippen LogP contribution >= 0.6 is 11.3 Å². The molecular weight excluding hydrogens is 392 g/mol. The zero-order valence-corrected chi connectivity index (χ0v) is 16.9. The fraction of sp³-hybridized carbons (Fsp3) is 0.190. The van der Waals surface area contributed by atoms with Gasteiger partial charge >= 0.3 is 11.7 Å². The second-order valence-electron chi connectivity index (χ2n) is 6.73. The van der Waals surface area contributed by atoms with Crippen LogP contribution in [-0.4, -0.2) is 22.6 Å². The van der Waals surface area contributed by atoms with Crippen molar-refractivity contribution in [1.29, 1.82) is 0 Å². The maximum absolute atomic E-state index is 13.2. The lowest BCUT2D eigenvalue weighted by Gasteiger charge is -2.06. The molecule has 7 nitrogen and oxygen atoms in total. The van der Waals surface area contributed by atoms with E-state index in [1.54, 1.807) is 6.07 Å². The highest BCUT2D eigenvalue weighted by Gasteiger charge is 2.17. The van der Waals surface area contributed by atoms with Crippen LogP contribution in [0.5, 0.6) is 0 Å². The molecule has 0 saturated heterocycles. The van der Waals surface area contributed by atoms with Crippen LogP contribution in [0.3, 0.4) is 0 Å². The molecule has 0 fully saturated rings. The number of nitrogens with one attached hydrogen (secondary N) is 1. The van der Waals surface area contributed by atoms with Crippen LogP contribution in [0.4, 0.5) is 0 Å².